The highest BCUT2D eigenvalue weighted by atomic mass is 16.6. The van der Waals surface area contributed by atoms with E-state index in [0.717, 1.165) is 10.6 Å². The quantitative estimate of drug-likeness (QED) is 0.674. The Hall–Kier alpha value is -3.22. The lowest BCUT2D eigenvalue weighted by Crippen LogP contribution is -2.56. The van der Waals surface area contributed by atoms with Gasteiger partial charge in [0.15, 0.2) is 0 Å². The van der Waals surface area contributed by atoms with Crippen LogP contribution in [0.4, 0.5) is 5.69 Å². The summed E-state index contributed by atoms with van der Waals surface area (Å²) in [6.45, 7) is 6.99. The zero-order valence-corrected chi connectivity index (χ0v) is 15.1. The number of carbonyl (C=O) groups excluding carboxylic acids is 2. The molecular weight excluding hydrogens is 334 g/mol. The molecule has 0 saturated heterocycles. The van der Waals surface area contributed by atoms with Crippen molar-refractivity contribution in [2.24, 2.45) is 0 Å². The number of carbonyl (C=O) groups is 2. The van der Waals surface area contributed by atoms with Crippen LogP contribution in [-0.2, 0) is 0 Å². The molecule has 2 aromatic carbocycles. The summed E-state index contributed by atoms with van der Waals surface area (Å²) >= 11 is 0. The first-order valence-corrected chi connectivity index (χ1v) is 8.07. The highest BCUT2D eigenvalue weighted by Crippen LogP contribution is 2.23. The lowest BCUT2D eigenvalue weighted by Gasteiger charge is -2.35. The van der Waals surface area contributed by atoms with Crippen molar-refractivity contribution in [2.45, 2.75) is 33.2 Å². The fourth-order valence-electron chi connectivity index (χ4n) is 2.45. The fraction of sp³-hybridized carbons (Fsp3) is 0.263. The van der Waals surface area contributed by atoms with Gasteiger partial charge in [-0.3, -0.25) is 25.1 Å². The normalized spacial score (nSPS) is 10.9. The number of hydrogen-bond donors (Lipinski definition) is 1. The standard InChI is InChI=1S/C19H21N3O4/c1-13-9-5-6-10-14(13)17(23)20-21(19(2,3)4)18(24)15-11-7-8-12-16(15)22(25)26/h5-12H,1-4H3,(H,20,23). The smallest absolute Gasteiger partial charge is 0.267 e. The highest BCUT2D eigenvalue weighted by molar-refractivity contribution is 6.02. The van der Waals surface area contributed by atoms with Gasteiger partial charge in [0, 0.05) is 11.6 Å². The maximum atomic E-state index is 13.0. The molecule has 0 aliphatic heterocycles. The molecule has 2 aromatic rings. The van der Waals surface area contributed by atoms with Crippen molar-refractivity contribution in [3.05, 3.63) is 75.3 Å². The van der Waals surface area contributed by atoms with E-state index < -0.39 is 22.3 Å². The van der Waals surface area contributed by atoms with Crippen LogP contribution in [0.3, 0.4) is 0 Å². The molecule has 0 heterocycles. The molecule has 0 spiro atoms. The van der Waals surface area contributed by atoms with Gasteiger partial charge in [-0.05, 0) is 45.4 Å². The lowest BCUT2D eigenvalue weighted by atomic mass is 10.0. The summed E-state index contributed by atoms with van der Waals surface area (Å²) < 4.78 is 0. The number of nitrogens with one attached hydrogen (secondary N) is 1. The first-order valence-electron chi connectivity index (χ1n) is 8.07. The van der Waals surface area contributed by atoms with E-state index in [-0.39, 0.29) is 11.3 Å². The van der Waals surface area contributed by atoms with Crippen LogP contribution in [0.5, 0.6) is 0 Å². The second kappa shape index (κ2) is 7.35. The van der Waals surface area contributed by atoms with E-state index in [1.807, 2.05) is 6.07 Å². The van der Waals surface area contributed by atoms with Crippen molar-refractivity contribution < 1.29 is 14.5 Å². The second-order valence-electron chi connectivity index (χ2n) is 6.84. The number of para-hydroxylation sites is 1. The third-order valence-electron chi connectivity index (χ3n) is 3.81. The Labute approximate surface area is 151 Å². The molecule has 2 amide bonds. The minimum atomic E-state index is -0.793. The van der Waals surface area contributed by atoms with Gasteiger partial charge in [0.1, 0.15) is 5.56 Å². The third-order valence-corrected chi connectivity index (χ3v) is 3.81. The van der Waals surface area contributed by atoms with Gasteiger partial charge in [-0.1, -0.05) is 30.3 Å². The number of aryl methyl sites for hydroxylation is 1. The molecule has 0 atom stereocenters. The summed E-state index contributed by atoms with van der Waals surface area (Å²) in [5.74, 6) is -1.10. The number of rotatable bonds is 3. The number of nitro benzene ring substituents is 1. The Morgan fingerprint density at radius 1 is 1.00 bits per heavy atom. The maximum absolute atomic E-state index is 13.0. The Bertz CT molecular complexity index is 856. The van der Waals surface area contributed by atoms with Gasteiger partial charge in [0.25, 0.3) is 17.5 Å². The van der Waals surface area contributed by atoms with Crippen molar-refractivity contribution in [1.29, 1.82) is 0 Å². The molecule has 0 aromatic heterocycles. The van der Waals surface area contributed by atoms with Gasteiger partial charge < -0.3 is 0 Å². The summed E-state index contributed by atoms with van der Waals surface area (Å²) in [6.07, 6.45) is 0. The highest BCUT2D eigenvalue weighted by Gasteiger charge is 2.33. The largest absolute Gasteiger partial charge is 0.282 e. The molecule has 0 saturated carbocycles. The maximum Gasteiger partial charge on any atom is 0.282 e. The zero-order chi connectivity index (χ0) is 19.5. The van der Waals surface area contributed by atoms with Crippen LogP contribution in [0.15, 0.2) is 48.5 Å². The van der Waals surface area contributed by atoms with Crippen LogP contribution in [0.1, 0.15) is 47.1 Å². The first kappa shape index (κ1) is 19.1. The van der Waals surface area contributed by atoms with Crippen LogP contribution in [0.2, 0.25) is 0 Å². The third kappa shape index (κ3) is 4.05. The van der Waals surface area contributed by atoms with E-state index in [9.17, 15) is 19.7 Å². The second-order valence-corrected chi connectivity index (χ2v) is 6.84. The molecule has 136 valence electrons. The van der Waals surface area contributed by atoms with Crippen LogP contribution in [0.25, 0.3) is 0 Å². The summed E-state index contributed by atoms with van der Waals surface area (Å²) in [5.41, 5.74) is 2.60. The molecular formula is C19H21N3O4. The average Bonchev–Trinajstić information content (AvgIpc) is 2.58. The van der Waals surface area contributed by atoms with Crippen molar-refractivity contribution >= 4 is 17.5 Å². The molecule has 7 heteroatoms. The minimum absolute atomic E-state index is 0.0856. The van der Waals surface area contributed by atoms with E-state index in [1.165, 1.54) is 18.2 Å². The average molecular weight is 355 g/mol. The molecule has 7 nitrogen and oxygen atoms in total. The molecule has 0 bridgehead atoms. The Morgan fingerprint density at radius 3 is 2.08 bits per heavy atom. The van der Waals surface area contributed by atoms with Crippen molar-refractivity contribution in [2.75, 3.05) is 0 Å². The molecule has 2 rings (SSSR count). The number of amides is 2. The Balaban J connectivity index is 2.40. The zero-order valence-electron chi connectivity index (χ0n) is 15.1. The van der Waals surface area contributed by atoms with E-state index in [4.69, 9.17) is 0 Å². The van der Waals surface area contributed by atoms with Gasteiger partial charge in [-0.2, -0.15) is 0 Å². The number of benzene rings is 2. The first-order chi connectivity index (χ1) is 12.1. The van der Waals surface area contributed by atoms with Crippen LogP contribution >= 0.6 is 0 Å². The monoisotopic (exact) mass is 355 g/mol. The van der Waals surface area contributed by atoms with Gasteiger partial charge in [-0.15, -0.1) is 0 Å². The fourth-order valence-corrected chi connectivity index (χ4v) is 2.45. The predicted octanol–water partition coefficient (Wildman–Crippen LogP) is 3.49. The van der Waals surface area contributed by atoms with Gasteiger partial charge in [0.05, 0.1) is 10.5 Å². The summed E-state index contributed by atoms with van der Waals surface area (Å²) in [4.78, 5) is 36.2. The molecule has 0 unspecified atom stereocenters. The van der Waals surface area contributed by atoms with Crippen LogP contribution in [0, 0.1) is 17.0 Å². The topological polar surface area (TPSA) is 92.6 Å². The van der Waals surface area contributed by atoms with Crippen LogP contribution in [-0.4, -0.2) is 27.3 Å². The number of hydrogen-bond acceptors (Lipinski definition) is 4. The van der Waals surface area contributed by atoms with Gasteiger partial charge in [-0.25, -0.2) is 5.01 Å². The predicted molar refractivity (Wildman–Crippen MR) is 97.7 cm³/mol. The Kier molecular flexibility index (Phi) is 5.40. The summed E-state index contributed by atoms with van der Waals surface area (Å²) in [7, 11) is 0. The van der Waals surface area contributed by atoms with E-state index in [0.29, 0.717) is 5.56 Å². The molecule has 1 N–H and O–H groups in total. The van der Waals surface area contributed by atoms with Crippen molar-refractivity contribution in [1.82, 2.24) is 10.4 Å². The number of nitrogens with zero attached hydrogens (tertiary/aromatic N) is 2. The summed E-state index contributed by atoms with van der Waals surface area (Å²) in [5, 5.41) is 12.4. The number of hydrazine groups is 1. The van der Waals surface area contributed by atoms with E-state index in [1.54, 1.807) is 52.0 Å². The molecule has 26 heavy (non-hydrogen) atoms. The van der Waals surface area contributed by atoms with Crippen molar-refractivity contribution in [3.63, 3.8) is 0 Å². The van der Waals surface area contributed by atoms with E-state index in [2.05, 4.69) is 5.43 Å². The summed E-state index contributed by atoms with van der Waals surface area (Å²) in [6, 6.07) is 12.7. The van der Waals surface area contributed by atoms with Gasteiger partial charge in [0.2, 0.25) is 0 Å². The Morgan fingerprint density at radius 2 is 1.54 bits per heavy atom. The molecule has 0 radical (unpaired) electrons. The van der Waals surface area contributed by atoms with Crippen molar-refractivity contribution in [3.8, 4) is 0 Å². The van der Waals surface area contributed by atoms with Crippen LogP contribution < -0.4 is 5.43 Å². The SMILES string of the molecule is Cc1ccccc1C(=O)NN(C(=O)c1ccccc1[N+](=O)[O-])C(C)(C)C. The lowest BCUT2D eigenvalue weighted by molar-refractivity contribution is -0.385. The van der Waals surface area contributed by atoms with Gasteiger partial charge >= 0.3 is 0 Å². The van der Waals surface area contributed by atoms with E-state index >= 15 is 0 Å². The minimum Gasteiger partial charge on any atom is -0.267 e. The molecule has 0 aliphatic carbocycles. The number of nitro groups is 1. The molecule has 0 fully saturated rings. The molecule has 0 aliphatic rings.